The molecule has 19 heavy (non-hydrogen) atoms. The maximum atomic E-state index is 4.35. The molecule has 2 atom stereocenters. The fourth-order valence-corrected chi connectivity index (χ4v) is 3.61. The van der Waals surface area contributed by atoms with Gasteiger partial charge in [-0.2, -0.15) is 5.10 Å². The van der Waals surface area contributed by atoms with Crippen molar-refractivity contribution in [1.29, 1.82) is 0 Å². The molecular weight excluding hydrogens is 302 g/mol. The van der Waals surface area contributed by atoms with E-state index in [9.17, 15) is 0 Å². The van der Waals surface area contributed by atoms with Crippen molar-refractivity contribution in [2.24, 2.45) is 7.05 Å². The molecule has 100 valence electrons. The Morgan fingerprint density at radius 3 is 2.89 bits per heavy atom. The SMILES string of the molecule is CCNC(c1c(Br)cnn1C)C1Cc2ccccc21. The smallest absolute Gasteiger partial charge is 0.0698 e. The van der Waals surface area contributed by atoms with Gasteiger partial charge in [0.1, 0.15) is 0 Å². The first kappa shape index (κ1) is 12.9. The fourth-order valence-electron chi connectivity index (χ4n) is 3.01. The Morgan fingerprint density at radius 2 is 2.26 bits per heavy atom. The van der Waals surface area contributed by atoms with Crippen molar-refractivity contribution in [2.45, 2.75) is 25.3 Å². The molecule has 1 aromatic heterocycles. The number of halogens is 1. The largest absolute Gasteiger partial charge is 0.308 e. The molecule has 0 saturated carbocycles. The van der Waals surface area contributed by atoms with Gasteiger partial charge in [-0.1, -0.05) is 31.2 Å². The van der Waals surface area contributed by atoms with Gasteiger partial charge in [0.05, 0.1) is 22.4 Å². The molecule has 1 aromatic carbocycles. The first-order chi connectivity index (χ1) is 9.22. The first-order valence-electron chi connectivity index (χ1n) is 6.71. The normalized spacial score (nSPS) is 18.8. The number of nitrogens with zero attached hydrogens (tertiary/aromatic N) is 2. The highest BCUT2D eigenvalue weighted by atomic mass is 79.9. The molecule has 0 radical (unpaired) electrons. The van der Waals surface area contributed by atoms with E-state index in [2.05, 4.69) is 57.5 Å². The molecule has 0 bridgehead atoms. The minimum Gasteiger partial charge on any atom is -0.308 e. The van der Waals surface area contributed by atoms with Gasteiger partial charge in [0, 0.05) is 13.0 Å². The molecule has 0 fully saturated rings. The zero-order valence-electron chi connectivity index (χ0n) is 11.2. The second-order valence-corrected chi connectivity index (χ2v) is 5.90. The van der Waals surface area contributed by atoms with Gasteiger partial charge in [-0.15, -0.1) is 0 Å². The molecule has 0 saturated heterocycles. The van der Waals surface area contributed by atoms with Crippen LogP contribution in [0, 0.1) is 0 Å². The van der Waals surface area contributed by atoms with Gasteiger partial charge in [-0.05, 0) is 40.0 Å². The molecule has 1 aliphatic rings. The van der Waals surface area contributed by atoms with Crippen molar-refractivity contribution >= 4 is 15.9 Å². The molecule has 0 spiro atoms. The van der Waals surface area contributed by atoms with Gasteiger partial charge in [0.25, 0.3) is 0 Å². The summed E-state index contributed by atoms with van der Waals surface area (Å²) in [5, 5.41) is 7.96. The summed E-state index contributed by atoms with van der Waals surface area (Å²) in [6, 6.07) is 9.05. The van der Waals surface area contributed by atoms with E-state index < -0.39 is 0 Å². The van der Waals surface area contributed by atoms with E-state index >= 15 is 0 Å². The van der Waals surface area contributed by atoms with Crippen LogP contribution in [0.1, 0.15) is 35.7 Å². The summed E-state index contributed by atoms with van der Waals surface area (Å²) in [6.07, 6.45) is 3.02. The summed E-state index contributed by atoms with van der Waals surface area (Å²) < 4.78 is 3.06. The van der Waals surface area contributed by atoms with Gasteiger partial charge in [-0.3, -0.25) is 4.68 Å². The lowest BCUT2D eigenvalue weighted by Gasteiger charge is -2.37. The van der Waals surface area contributed by atoms with Crippen LogP contribution in [0.4, 0.5) is 0 Å². The lowest BCUT2D eigenvalue weighted by Crippen LogP contribution is -2.34. The molecular formula is C15H18BrN3. The maximum Gasteiger partial charge on any atom is 0.0698 e. The third-order valence-corrected chi connectivity index (χ3v) is 4.56. The van der Waals surface area contributed by atoms with Crippen molar-refractivity contribution in [3.63, 3.8) is 0 Å². The van der Waals surface area contributed by atoms with Gasteiger partial charge in [0.2, 0.25) is 0 Å². The van der Waals surface area contributed by atoms with E-state index in [4.69, 9.17) is 0 Å². The number of fused-ring (bicyclic) bond motifs is 1. The highest BCUT2D eigenvalue weighted by Crippen LogP contribution is 2.44. The van der Waals surface area contributed by atoms with Crippen LogP contribution in [0.2, 0.25) is 0 Å². The predicted molar refractivity (Wildman–Crippen MR) is 80.2 cm³/mol. The van der Waals surface area contributed by atoms with E-state index in [-0.39, 0.29) is 0 Å². The Labute approximate surface area is 122 Å². The van der Waals surface area contributed by atoms with E-state index in [1.54, 1.807) is 0 Å². The average Bonchev–Trinajstić information content (AvgIpc) is 2.70. The lowest BCUT2D eigenvalue weighted by atomic mass is 9.72. The quantitative estimate of drug-likeness (QED) is 0.938. The second kappa shape index (κ2) is 5.10. The monoisotopic (exact) mass is 319 g/mol. The third kappa shape index (κ3) is 2.13. The minimum atomic E-state index is 0.321. The highest BCUT2D eigenvalue weighted by Gasteiger charge is 2.35. The van der Waals surface area contributed by atoms with Crippen LogP contribution in [0.5, 0.6) is 0 Å². The van der Waals surface area contributed by atoms with Crippen molar-refractivity contribution in [3.05, 3.63) is 51.8 Å². The van der Waals surface area contributed by atoms with Crippen LogP contribution in [0.25, 0.3) is 0 Å². The molecule has 0 aliphatic heterocycles. The van der Waals surface area contributed by atoms with Crippen LogP contribution in [-0.2, 0) is 13.5 Å². The standard InChI is InChI=1S/C15H18BrN3/c1-3-17-14(15-13(16)9-18-19(15)2)12-8-10-6-4-5-7-11(10)12/h4-7,9,12,14,17H,3,8H2,1-2H3. The molecule has 4 heteroatoms. The molecule has 1 N–H and O–H groups in total. The summed E-state index contributed by atoms with van der Waals surface area (Å²) in [6.45, 7) is 3.11. The number of hydrogen-bond acceptors (Lipinski definition) is 2. The number of nitrogens with one attached hydrogen (secondary N) is 1. The summed E-state index contributed by atoms with van der Waals surface area (Å²) in [7, 11) is 2.01. The average molecular weight is 320 g/mol. The van der Waals surface area contributed by atoms with Gasteiger partial charge < -0.3 is 5.32 Å². The molecule has 1 heterocycles. The summed E-state index contributed by atoms with van der Waals surface area (Å²) >= 11 is 3.63. The van der Waals surface area contributed by atoms with Gasteiger partial charge in [-0.25, -0.2) is 0 Å². The van der Waals surface area contributed by atoms with E-state index in [1.807, 2.05) is 17.9 Å². The number of hydrogen-bond donors (Lipinski definition) is 1. The number of aryl methyl sites for hydroxylation is 1. The zero-order valence-corrected chi connectivity index (χ0v) is 12.8. The van der Waals surface area contributed by atoms with Crippen LogP contribution < -0.4 is 5.32 Å². The van der Waals surface area contributed by atoms with Crippen molar-refractivity contribution in [2.75, 3.05) is 6.54 Å². The minimum absolute atomic E-state index is 0.321. The Kier molecular flexibility index (Phi) is 3.46. The number of likely N-dealkylation sites (N-methyl/N-ethyl adjacent to an activating group) is 1. The van der Waals surface area contributed by atoms with Crippen molar-refractivity contribution in [3.8, 4) is 0 Å². The fraction of sp³-hybridized carbons (Fsp3) is 0.400. The van der Waals surface area contributed by atoms with Crippen molar-refractivity contribution in [1.82, 2.24) is 15.1 Å². The first-order valence-corrected chi connectivity index (χ1v) is 7.50. The summed E-state index contributed by atoms with van der Waals surface area (Å²) in [5.41, 5.74) is 4.19. The van der Waals surface area contributed by atoms with Crippen LogP contribution >= 0.6 is 15.9 Å². The third-order valence-electron chi connectivity index (χ3n) is 3.95. The Bertz CT molecular complexity index is 571. The molecule has 1 aliphatic carbocycles. The van der Waals surface area contributed by atoms with E-state index in [1.165, 1.54) is 16.8 Å². The number of benzene rings is 1. The topological polar surface area (TPSA) is 29.9 Å². The second-order valence-electron chi connectivity index (χ2n) is 5.05. The molecule has 2 unspecified atom stereocenters. The van der Waals surface area contributed by atoms with Crippen LogP contribution in [0.15, 0.2) is 34.9 Å². The van der Waals surface area contributed by atoms with Crippen molar-refractivity contribution < 1.29 is 0 Å². The molecule has 0 amide bonds. The van der Waals surface area contributed by atoms with E-state index in [0.717, 1.165) is 17.4 Å². The van der Waals surface area contributed by atoms with Gasteiger partial charge in [0.15, 0.2) is 0 Å². The molecule has 3 nitrogen and oxygen atoms in total. The predicted octanol–water partition coefficient (Wildman–Crippen LogP) is 3.17. The summed E-state index contributed by atoms with van der Waals surface area (Å²) in [4.78, 5) is 0. The Hall–Kier alpha value is -1.13. The maximum absolute atomic E-state index is 4.35. The van der Waals surface area contributed by atoms with Crippen LogP contribution in [0.3, 0.4) is 0 Å². The zero-order chi connectivity index (χ0) is 13.4. The van der Waals surface area contributed by atoms with Crippen LogP contribution in [-0.4, -0.2) is 16.3 Å². The van der Waals surface area contributed by atoms with E-state index in [0.29, 0.717) is 12.0 Å². The Morgan fingerprint density at radius 1 is 1.47 bits per heavy atom. The Balaban J connectivity index is 1.96. The summed E-state index contributed by atoms with van der Waals surface area (Å²) in [5.74, 6) is 0.544. The number of rotatable bonds is 4. The molecule has 2 aromatic rings. The number of aromatic nitrogens is 2. The highest BCUT2D eigenvalue weighted by molar-refractivity contribution is 9.10. The van der Waals surface area contributed by atoms with Gasteiger partial charge >= 0.3 is 0 Å². The lowest BCUT2D eigenvalue weighted by molar-refractivity contribution is 0.397. The molecule has 3 rings (SSSR count).